The number of phenolic OH excluding ortho intramolecular Hbond substituents is 1. The van der Waals surface area contributed by atoms with Crippen LogP contribution in [0.3, 0.4) is 0 Å². The van der Waals surface area contributed by atoms with Crippen LogP contribution in [0.2, 0.25) is 0 Å². The summed E-state index contributed by atoms with van der Waals surface area (Å²) in [5, 5.41) is 9.87. The monoisotopic (exact) mass is 237 g/mol. The van der Waals surface area contributed by atoms with Gasteiger partial charge in [0, 0.05) is 5.56 Å². The van der Waals surface area contributed by atoms with Gasteiger partial charge in [0.2, 0.25) is 0 Å². The summed E-state index contributed by atoms with van der Waals surface area (Å²) < 4.78 is 4.57. The van der Waals surface area contributed by atoms with E-state index in [0.717, 1.165) is 5.56 Å². The molecule has 0 saturated heterocycles. The van der Waals surface area contributed by atoms with Gasteiger partial charge in [-0.2, -0.15) is 0 Å². The largest absolute Gasteiger partial charge is 0.507 e. The molecule has 0 aliphatic rings. The van der Waals surface area contributed by atoms with Crippen LogP contribution in [0.25, 0.3) is 0 Å². The van der Waals surface area contributed by atoms with Crippen molar-refractivity contribution < 1.29 is 19.4 Å². The summed E-state index contributed by atoms with van der Waals surface area (Å²) in [5.41, 5.74) is 5.33. The molecule has 3 N–H and O–H groups in total. The molecule has 1 aromatic rings. The zero-order chi connectivity index (χ0) is 13.2. The highest BCUT2D eigenvalue weighted by Gasteiger charge is 2.35. The van der Waals surface area contributed by atoms with Crippen molar-refractivity contribution in [3.63, 3.8) is 0 Å². The number of aryl methyl sites for hydroxylation is 1. The number of carbonyl (C=O) groups is 2. The quantitative estimate of drug-likeness (QED) is 0.601. The summed E-state index contributed by atoms with van der Waals surface area (Å²) in [7, 11) is 1.21. The molecule has 1 aromatic carbocycles. The van der Waals surface area contributed by atoms with E-state index in [-0.39, 0.29) is 16.9 Å². The summed E-state index contributed by atoms with van der Waals surface area (Å²) >= 11 is 0. The van der Waals surface area contributed by atoms with Gasteiger partial charge in [-0.1, -0.05) is 0 Å². The lowest BCUT2D eigenvalue weighted by atomic mass is 9.89. The van der Waals surface area contributed by atoms with Crippen LogP contribution in [0.15, 0.2) is 12.1 Å². The molecular weight excluding hydrogens is 222 g/mol. The number of aldehydes is 1. The van der Waals surface area contributed by atoms with Gasteiger partial charge in [0.25, 0.3) is 0 Å². The number of benzene rings is 1. The van der Waals surface area contributed by atoms with Crippen LogP contribution < -0.4 is 5.73 Å². The summed E-state index contributed by atoms with van der Waals surface area (Å²) in [6.07, 6.45) is 0.513. The van der Waals surface area contributed by atoms with Crippen molar-refractivity contribution in [2.75, 3.05) is 7.11 Å². The zero-order valence-corrected chi connectivity index (χ0v) is 9.98. The lowest BCUT2D eigenvalue weighted by Crippen LogP contribution is -2.42. The van der Waals surface area contributed by atoms with Crippen LogP contribution in [0.5, 0.6) is 5.75 Å². The number of aromatic hydroxyl groups is 1. The van der Waals surface area contributed by atoms with Gasteiger partial charge in [-0.25, -0.2) is 4.79 Å². The van der Waals surface area contributed by atoms with E-state index in [4.69, 9.17) is 5.73 Å². The maximum absolute atomic E-state index is 11.6. The Morgan fingerprint density at radius 1 is 1.53 bits per heavy atom. The number of carbonyl (C=O) groups excluding carboxylic acids is 2. The van der Waals surface area contributed by atoms with Crippen molar-refractivity contribution in [3.8, 4) is 5.75 Å². The molecule has 5 heteroatoms. The van der Waals surface area contributed by atoms with Crippen LogP contribution in [-0.2, 0) is 15.1 Å². The third-order valence-electron chi connectivity index (χ3n) is 2.58. The molecule has 17 heavy (non-hydrogen) atoms. The van der Waals surface area contributed by atoms with Gasteiger partial charge in [-0.15, -0.1) is 0 Å². The first-order chi connectivity index (χ1) is 7.84. The van der Waals surface area contributed by atoms with Crippen molar-refractivity contribution in [2.45, 2.75) is 19.4 Å². The highest BCUT2D eigenvalue weighted by atomic mass is 16.5. The van der Waals surface area contributed by atoms with Crippen LogP contribution >= 0.6 is 0 Å². The number of rotatable bonds is 3. The molecule has 1 atom stereocenters. The average molecular weight is 237 g/mol. The topological polar surface area (TPSA) is 89.6 Å². The average Bonchev–Trinajstić information content (AvgIpc) is 2.30. The maximum atomic E-state index is 11.6. The van der Waals surface area contributed by atoms with E-state index in [9.17, 15) is 14.7 Å². The molecule has 5 nitrogen and oxygen atoms in total. The van der Waals surface area contributed by atoms with Crippen molar-refractivity contribution in [1.29, 1.82) is 0 Å². The van der Waals surface area contributed by atoms with Gasteiger partial charge in [-0.05, 0) is 31.5 Å². The fourth-order valence-corrected chi connectivity index (χ4v) is 1.61. The Labute approximate surface area is 99.2 Å². The van der Waals surface area contributed by atoms with Gasteiger partial charge < -0.3 is 15.6 Å². The standard InChI is InChI=1S/C12H15NO4/c1-7-4-8(6-14)10(15)9(5-7)12(2,13)11(16)17-3/h4-6,15H,13H2,1-3H3/t12-/m1/s1. The summed E-state index contributed by atoms with van der Waals surface area (Å²) in [5.74, 6) is -0.976. The number of phenols is 1. The Kier molecular flexibility index (Phi) is 3.53. The number of nitrogens with two attached hydrogens (primary N) is 1. The summed E-state index contributed by atoms with van der Waals surface area (Å²) in [4.78, 5) is 22.3. The first-order valence-electron chi connectivity index (χ1n) is 5.01. The minimum absolute atomic E-state index is 0.0978. The van der Waals surface area contributed by atoms with E-state index in [1.54, 1.807) is 13.0 Å². The minimum atomic E-state index is -1.50. The molecule has 0 aliphatic heterocycles. The normalized spacial score (nSPS) is 13.9. The van der Waals surface area contributed by atoms with Crippen molar-refractivity contribution in [2.24, 2.45) is 5.73 Å². The fourth-order valence-electron chi connectivity index (χ4n) is 1.61. The second kappa shape index (κ2) is 4.55. The molecule has 0 spiro atoms. The maximum Gasteiger partial charge on any atom is 0.330 e. The molecule has 0 bridgehead atoms. The van der Waals surface area contributed by atoms with Gasteiger partial charge in [0.15, 0.2) is 6.29 Å². The van der Waals surface area contributed by atoms with Crippen LogP contribution in [0.1, 0.15) is 28.4 Å². The van der Waals surface area contributed by atoms with Gasteiger partial charge in [0.05, 0.1) is 12.7 Å². The predicted octanol–water partition coefficient (Wildman–Crippen LogP) is 0.860. The van der Waals surface area contributed by atoms with Gasteiger partial charge >= 0.3 is 5.97 Å². The Balaban J connectivity index is 3.45. The minimum Gasteiger partial charge on any atom is -0.507 e. The molecular formula is C12H15NO4. The van der Waals surface area contributed by atoms with Crippen molar-refractivity contribution in [3.05, 3.63) is 28.8 Å². The lowest BCUT2D eigenvalue weighted by Gasteiger charge is -2.23. The van der Waals surface area contributed by atoms with E-state index in [1.165, 1.54) is 20.1 Å². The molecule has 0 fully saturated rings. The second-order valence-electron chi connectivity index (χ2n) is 4.06. The Morgan fingerprint density at radius 2 is 2.12 bits per heavy atom. The first kappa shape index (κ1) is 13.2. The van der Waals surface area contributed by atoms with E-state index < -0.39 is 11.5 Å². The Morgan fingerprint density at radius 3 is 2.59 bits per heavy atom. The lowest BCUT2D eigenvalue weighted by molar-refractivity contribution is -0.146. The predicted molar refractivity (Wildman–Crippen MR) is 61.8 cm³/mol. The molecule has 0 saturated carbocycles. The van der Waals surface area contributed by atoms with E-state index in [0.29, 0.717) is 6.29 Å². The van der Waals surface area contributed by atoms with Crippen molar-refractivity contribution in [1.82, 2.24) is 0 Å². The summed E-state index contributed by atoms with van der Waals surface area (Å²) in [6.45, 7) is 3.16. The molecule has 0 aliphatic carbocycles. The highest BCUT2D eigenvalue weighted by Crippen LogP contribution is 2.31. The number of hydrogen-bond acceptors (Lipinski definition) is 5. The molecule has 0 radical (unpaired) electrons. The molecule has 92 valence electrons. The molecule has 0 amide bonds. The number of hydrogen-bond donors (Lipinski definition) is 2. The van der Waals surface area contributed by atoms with E-state index in [1.807, 2.05) is 0 Å². The number of esters is 1. The van der Waals surface area contributed by atoms with Crippen LogP contribution in [0.4, 0.5) is 0 Å². The van der Waals surface area contributed by atoms with E-state index >= 15 is 0 Å². The highest BCUT2D eigenvalue weighted by molar-refractivity contribution is 5.86. The summed E-state index contributed by atoms with van der Waals surface area (Å²) in [6, 6.07) is 3.07. The third kappa shape index (κ3) is 2.29. The molecule has 1 rings (SSSR count). The second-order valence-corrected chi connectivity index (χ2v) is 4.06. The van der Waals surface area contributed by atoms with Crippen LogP contribution in [0, 0.1) is 6.92 Å². The molecule has 0 aromatic heterocycles. The van der Waals surface area contributed by atoms with Crippen molar-refractivity contribution >= 4 is 12.3 Å². The number of ether oxygens (including phenoxy) is 1. The van der Waals surface area contributed by atoms with Crippen LogP contribution in [-0.4, -0.2) is 24.5 Å². The number of methoxy groups -OCH3 is 1. The Hall–Kier alpha value is -1.88. The zero-order valence-electron chi connectivity index (χ0n) is 9.98. The van der Waals surface area contributed by atoms with E-state index in [2.05, 4.69) is 4.74 Å². The SMILES string of the molecule is COC(=O)[C@](C)(N)c1cc(C)cc(C=O)c1O. The molecule has 0 unspecified atom stereocenters. The van der Waals surface area contributed by atoms with Gasteiger partial charge in [-0.3, -0.25) is 4.79 Å². The Bertz CT molecular complexity index is 466. The molecule has 0 heterocycles. The van der Waals surface area contributed by atoms with Gasteiger partial charge in [0.1, 0.15) is 11.3 Å². The first-order valence-corrected chi connectivity index (χ1v) is 5.01. The fraction of sp³-hybridized carbons (Fsp3) is 0.333. The smallest absolute Gasteiger partial charge is 0.330 e. The third-order valence-corrected chi connectivity index (χ3v) is 2.58.